The van der Waals surface area contributed by atoms with Gasteiger partial charge in [0.25, 0.3) is 5.91 Å². The highest BCUT2D eigenvalue weighted by molar-refractivity contribution is 7.89. The first-order chi connectivity index (χ1) is 15.6. The monoisotopic (exact) mass is 495 g/mol. The van der Waals surface area contributed by atoms with Gasteiger partial charge in [-0.3, -0.25) is 4.79 Å². The van der Waals surface area contributed by atoms with Crippen LogP contribution in [0.25, 0.3) is 0 Å². The van der Waals surface area contributed by atoms with Gasteiger partial charge in [-0.05, 0) is 30.3 Å². The number of piperazine rings is 1. The molecule has 33 heavy (non-hydrogen) atoms. The van der Waals surface area contributed by atoms with Crippen LogP contribution in [0, 0.1) is 0 Å². The molecule has 1 saturated heterocycles. The Kier molecular flexibility index (Phi) is 6.36. The van der Waals surface area contributed by atoms with Gasteiger partial charge in [0.2, 0.25) is 20.0 Å². The van der Waals surface area contributed by atoms with Crippen molar-refractivity contribution in [3.05, 3.63) is 48.0 Å². The van der Waals surface area contributed by atoms with Gasteiger partial charge >= 0.3 is 0 Å². The number of sulfonamides is 2. The number of carbonyl (C=O) groups is 1. The largest absolute Gasteiger partial charge is 0.486 e. The molecule has 4 rings (SSSR count). The second-order valence-corrected chi connectivity index (χ2v) is 11.9. The molecule has 1 fully saturated rings. The predicted octanol–water partition coefficient (Wildman–Crippen LogP) is 0.855. The quantitative estimate of drug-likeness (QED) is 0.604. The fraction of sp³-hybridized carbons (Fsp3) is 0.381. The van der Waals surface area contributed by atoms with Crippen molar-refractivity contribution in [3.63, 3.8) is 0 Å². The fourth-order valence-electron chi connectivity index (χ4n) is 3.65. The van der Waals surface area contributed by atoms with Gasteiger partial charge < -0.3 is 14.4 Å². The zero-order valence-corrected chi connectivity index (χ0v) is 19.9. The third-order valence-corrected chi connectivity index (χ3v) is 9.24. The molecule has 178 valence electrons. The summed E-state index contributed by atoms with van der Waals surface area (Å²) in [5, 5.41) is 0. The van der Waals surface area contributed by atoms with E-state index in [1.807, 2.05) is 0 Å². The van der Waals surface area contributed by atoms with Crippen molar-refractivity contribution in [2.75, 3.05) is 53.5 Å². The maximum Gasteiger partial charge on any atom is 0.253 e. The summed E-state index contributed by atoms with van der Waals surface area (Å²) in [5.74, 6) is 0.556. The molecule has 0 spiro atoms. The summed E-state index contributed by atoms with van der Waals surface area (Å²) >= 11 is 0. The first-order valence-electron chi connectivity index (χ1n) is 10.3. The van der Waals surface area contributed by atoms with Crippen LogP contribution < -0.4 is 9.47 Å². The number of benzene rings is 2. The van der Waals surface area contributed by atoms with Crippen LogP contribution in [-0.4, -0.2) is 89.7 Å². The first kappa shape index (κ1) is 23.5. The van der Waals surface area contributed by atoms with Gasteiger partial charge in [-0.15, -0.1) is 0 Å². The number of ether oxygens (including phenoxy) is 2. The fourth-order valence-corrected chi connectivity index (χ4v) is 6.03. The lowest BCUT2D eigenvalue weighted by atomic mass is 10.2. The zero-order valence-electron chi connectivity index (χ0n) is 18.3. The maximum absolute atomic E-state index is 13.1. The molecule has 0 aromatic heterocycles. The summed E-state index contributed by atoms with van der Waals surface area (Å²) in [5.41, 5.74) is 0.237. The number of carbonyl (C=O) groups excluding carboxylic acids is 1. The smallest absolute Gasteiger partial charge is 0.253 e. The lowest BCUT2D eigenvalue weighted by Gasteiger charge is -2.34. The number of rotatable bonds is 5. The molecule has 2 heterocycles. The Morgan fingerprint density at radius 1 is 0.848 bits per heavy atom. The molecule has 2 aromatic carbocycles. The minimum absolute atomic E-state index is 0.0261. The van der Waals surface area contributed by atoms with E-state index in [9.17, 15) is 21.6 Å². The molecule has 0 bridgehead atoms. The van der Waals surface area contributed by atoms with E-state index in [1.165, 1.54) is 53.6 Å². The van der Waals surface area contributed by atoms with E-state index in [2.05, 4.69) is 0 Å². The van der Waals surface area contributed by atoms with Crippen molar-refractivity contribution in [2.45, 2.75) is 9.79 Å². The van der Waals surface area contributed by atoms with E-state index < -0.39 is 20.0 Å². The summed E-state index contributed by atoms with van der Waals surface area (Å²) in [4.78, 5) is 14.6. The minimum atomic E-state index is -3.77. The molecule has 0 N–H and O–H groups in total. The molecule has 2 aliphatic rings. The van der Waals surface area contributed by atoms with Gasteiger partial charge in [0.15, 0.2) is 11.5 Å². The van der Waals surface area contributed by atoms with E-state index in [1.54, 1.807) is 12.1 Å². The number of hydrogen-bond donors (Lipinski definition) is 0. The molecule has 2 aromatic rings. The van der Waals surface area contributed by atoms with Crippen molar-refractivity contribution in [1.29, 1.82) is 0 Å². The molecule has 0 radical (unpaired) electrons. The highest BCUT2D eigenvalue weighted by Gasteiger charge is 2.32. The molecular formula is C21H25N3O7S2. The van der Waals surface area contributed by atoms with Crippen molar-refractivity contribution >= 4 is 26.0 Å². The number of fused-ring (bicyclic) bond motifs is 1. The van der Waals surface area contributed by atoms with Gasteiger partial charge in [0.05, 0.1) is 9.79 Å². The number of nitrogens with zero attached hydrogens (tertiary/aromatic N) is 3. The number of hydrogen-bond acceptors (Lipinski definition) is 7. The zero-order chi connectivity index (χ0) is 23.8. The SMILES string of the molecule is CN(C)S(=O)(=O)c1cccc(C(=O)N2CCN(S(=O)(=O)c3ccc4c(c3)OCCO4)CC2)c1. The van der Waals surface area contributed by atoms with Crippen LogP contribution in [0.15, 0.2) is 52.3 Å². The standard InChI is InChI=1S/C21H25N3O7S2/c1-22(2)32(26,27)17-5-3-4-16(14-17)21(25)23-8-10-24(11-9-23)33(28,29)18-6-7-19-20(15-18)31-13-12-30-19/h3-7,14-15H,8-13H2,1-2H3. The predicted molar refractivity (Wildman–Crippen MR) is 119 cm³/mol. The Morgan fingerprint density at radius 3 is 2.18 bits per heavy atom. The lowest BCUT2D eigenvalue weighted by molar-refractivity contribution is 0.0697. The highest BCUT2D eigenvalue weighted by atomic mass is 32.2. The van der Waals surface area contributed by atoms with E-state index in [0.29, 0.717) is 24.7 Å². The van der Waals surface area contributed by atoms with Gasteiger partial charge in [0.1, 0.15) is 13.2 Å². The lowest BCUT2D eigenvalue weighted by Crippen LogP contribution is -2.50. The third kappa shape index (κ3) is 4.56. The summed E-state index contributed by atoms with van der Waals surface area (Å²) in [6.07, 6.45) is 0. The highest BCUT2D eigenvalue weighted by Crippen LogP contribution is 2.33. The molecule has 0 unspecified atom stereocenters. The molecule has 2 aliphatic heterocycles. The summed E-state index contributed by atoms with van der Waals surface area (Å²) < 4.78 is 64.3. The van der Waals surface area contributed by atoms with Crippen LogP contribution in [0.5, 0.6) is 11.5 Å². The Bertz CT molecular complexity index is 1270. The molecule has 1 amide bonds. The Morgan fingerprint density at radius 2 is 1.52 bits per heavy atom. The van der Waals surface area contributed by atoms with Gasteiger partial charge in [-0.25, -0.2) is 21.1 Å². The minimum Gasteiger partial charge on any atom is -0.486 e. The summed E-state index contributed by atoms with van der Waals surface area (Å²) in [7, 11) is -4.60. The molecule has 0 atom stereocenters. The van der Waals surface area contributed by atoms with Gasteiger partial charge in [-0.1, -0.05) is 6.07 Å². The van der Waals surface area contributed by atoms with E-state index >= 15 is 0 Å². The second kappa shape index (κ2) is 8.93. The topological polar surface area (TPSA) is 114 Å². The molecular weight excluding hydrogens is 470 g/mol. The van der Waals surface area contributed by atoms with Crippen molar-refractivity contribution in [1.82, 2.24) is 13.5 Å². The van der Waals surface area contributed by atoms with Crippen molar-refractivity contribution in [3.8, 4) is 11.5 Å². The normalized spacial score (nSPS) is 17.2. The maximum atomic E-state index is 13.1. The molecule has 12 heteroatoms. The summed E-state index contributed by atoms with van der Waals surface area (Å²) in [6.45, 7) is 1.39. The van der Waals surface area contributed by atoms with Gasteiger partial charge in [-0.2, -0.15) is 4.31 Å². The Labute approximate surface area is 193 Å². The average molecular weight is 496 g/mol. The Hall–Kier alpha value is -2.67. The van der Waals surface area contributed by atoms with Crippen LogP contribution in [-0.2, 0) is 20.0 Å². The van der Waals surface area contributed by atoms with Crippen LogP contribution in [0.2, 0.25) is 0 Å². The van der Waals surface area contributed by atoms with Crippen molar-refractivity contribution < 1.29 is 31.1 Å². The molecule has 0 saturated carbocycles. The van der Waals surface area contributed by atoms with Crippen LogP contribution >= 0.6 is 0 Å². The second-order valence-electron chi connectivity index (χ2n) is 7.82. The van der Waals surface area contributed by atoms with Crippen LogP contribution in [0.4, 0.5) is 0 Å². The first-order valence-corrected chi connectivity index (χ1v) is 13.2. The summed E-state index contributed by atoms with van der Waals surface area (Å²) in [6, 6.07) is 10.4. The van der Waals surface area contributed by atoms with Crippen LogP contribution in [0.1, 0.15) is 10.4 Å². The average Bonchev–Trinajstić information content (AvgIpc) is 2.83. The molecule has 10 nitrogen and oxygen atoms in total. The van der Waals surface area contributed by atoms with E-state index in [-0.39, 0.29) is 47.4 Å². The van der Waals surface area contributed by atoms with E-state index in [0.717, 1.165) is 4.31 Å². The molecule has 0 aliphatic carbocycles. The van der Waals surface area contributed by atoms with Crippen molar-refractivity contribution in [2.24, 2.45) is 0 Å². The van der Waals surface area contributed by atoms with Gasteiger partial charge in [0, 0.05) is 51.9 Å². The van der Waals surface area contributed by atoms with E-state index in [4.69, 9.17) is 9.47 Å². The third-order valence-electron chi connectivity index (χ3n) is 5.54. The Balaban J connectivity index is 1.46. The van der Waals surface area contributed by atoms with Crippen LogP contribution in [0.3, 0.4) is 0 Å². The number of amides is 1.